The van der Waals surface area contributed by atoms with Crippen molar-refractivity contribution in [2.45, 2.75) is 38.8 Å². The van der Waals surface area contributed by atoms with E-state index in [9.17, 15) is 9.59 Å². The number of nitrogens with one attached hydrogen (secondary N) is 1. The van der Waals surface area contributed by atoms with Gasteiger partial charge in [0, 0.05) is 19.0 Å². The molecule has 1 aliphatic heterocycles. The van der Waals surface area contributed by atoms with Crippen LogP contribution in [0.2, 0.25) is 0 Å². The number of carboxylic acids is 1. The maximum atomic E-state index is 11.9. The summed E-state index contributed by atoms with van der Waals surface area (Å²) in [6.45, 7) is 4.12. The summed E-state index contributed by atoms with van der Waals surface area (Å²) in [5, 5.41) is 11.8. The van der Waals surface area contributed by atoms with Crippen molar-refractivity contribution >= 4 is 12.0 Å². The number of terminal acetylenes is 1. The minimum atomic E-state index is -0.949. The standard InChI is InChI=1S/C12H18N2O3/c1-4-5-9(3)13-12(17)14-7-6-8(2)10(14)11(15)16/h1,8-10H,5-7H2,2-3H3,(H,13,17)(H,15,16). The smallest absolute Gasteiger partial charge is 0.326 e. The van der Waals surface area contributed by atoms with Gasteiger partial charge in [0.25, 0.3) is 0 Å². The van der Waals surface area contributed by atoms with Gasteiger partial charge < -0.3 is 15.3 Å². The lowest BCUT2D eigenvalue weighted by Crippen LogP contribution is -2.49. The first-order chi connectivity index (χ1) is 7.97. The van der Waals surface area contributed by atoms with Gasteiger partial charge in [0.2, 0.25) is 0 Å². The zero-order chi connectivity index (χ0) is 13.0. The number of aliphatic carboxylic acids is 1. The number of amides is 2. The Bertz CT molecular complexity index is 348. The number of rotatable bonds is 3. The summed E-state index contributed by atoms with van der Waals surface area (Å²) in [6, 6.07) is -1.21. The van der Waals surface area contributed by atoms with Gasteiger partial charge in [-0.15, -0.1) is 12.3 Å². The molecule has 1 rings (SSSR count). The lowest BCUT2D eigenvalue weighted by molar-refractivity contribution is -0.142. The SMILES string of the molecule is C#CCC(C)NC(=O)N1CCC(C)C1C(=O)O. The Morgan fingerprint density at radius 1 is 1.65 bits per heavy atom. The Morgan fingerprint density at radius 3 is 2.82 bits per heavy atom. The van der Waals surface area contributed by atoms with Crippen molar-refractivity contribution in [3.63, 3.8) is 0 Å². The van der Waals surface area contributed by atoms with Crippen LogP contribution in [0.15, 0.2) is 0 Å². The summed E-state index contributed by atoms with van der Waals surface area (Å²) in [4.78, 5) is 24.3. The fourth-order valence-electron chi connectivity index (χ4n) is 2.07. The van der Waals surface area contributed by atoms with E-state index in [4.69, 9.17) is 11.5 Å². The first kappa shape index (κ1) is 13.4. The molecule has 2 N–H and O–H groups in total. The number of likely N-dealkylation sites (tertiary alicyclic amines) is 1. The van der Waals surface area contributed by atoms with Crippen LogP contribution in [0.1, 0.15) is 26.7 Å². The molecule has 94 valence electrons. The zero-order valence-corrected chi connectivity index (χ0v) is 10.1. The summed E-state index contributed by atoms with van der Waals surface area (Å²) in [5.41, 5.74) is 0. The fourth-order valence-corrected chi connectivity index (χ4v) is 2.07. The molecule has 5 heteroatoms. The van der Waals surface area contributed by atoms with Crippen LogP contribution in [0, 0.1) is 18.3 Å². The third kappa shape index (κ3) is 3.13. The highest BCUT2D eigenvalue weighted by Crippen LogP contribution is 2.24. The Hall–Kier alpha value is -1.70. The third-order valence-corrected chi connectivity index (χ3v) is 3.01. The molecule has 17 heavy (non-hydrogen) atoms. The van der Waals surface area contributed by atoms with E-state index in [0.717, 1.165) is 0 Å². The van der Waals surface area contributed by atoms with Gasteiger partial charge in [-0.05, 0) is 19.3 Å². The summed E-state index contributed by atoms with van der Waals surface area (Å²) in [5.74, 6) is 1.49. The maximum absolute atomic E-state index is 11.9. The second-order valence-electron chi connectivity index (χ2n) is 4.50. The second-order valence-corrected chi connectivity index (χ2v) is 4.50. The predicted octanol–water partition coefficient (Wildman–Crippen LogP) is 0.903. The van der Waals surface area contributed by atoms with Gasteiger partial charge in [0.1, 0.15) is 6.04 Å². The van der Waals surface area contributed by atoms with Crippen molar-refractivity contribution in [1.29, 1.82) is 0 Å². The van der Waals surface area contributed by atoms with Gasteiger partial charge in [-0.25, -0.2) is 9.59 Å². The Kier molecular flexibility index (Phi) is 4.38. The van der Waals surface area contributed by atoms with Gasteiger partial charge in [-0.2, -0.15) is 0 Å². The fraction of sp³-hybridized carbons (Fsp3) is 0.667. The van der Waals surface area contributed by atoms with Crippen LogP contribution in [-0.2, 0) is 4.79 Å². The minimum Gasteiger partial charge on any atom is -0.480 e. The largest absolute Gasteiger partial charge is 0.480 e. The normalized spacial score (nSPS) is 25.1. The zero-order valence-electron chi connectivity index (χ0n) is 10.1. The molecule has 0 bridgehead atoms. The summed E-state index contributed by atoms with van der Waals surface area (Å²) >= 11 is 0. The average molecular weight is 238 g/mol. The van der Waals surface area contributed by atoms with E-state index in [0.29, 0.717) is 19.4 Å². The van der Waals surface area contributed by atoms with Crippen LogP contribution < -0.4 is 5.32 Å². The van der Waals surface area contributed by atoms with Crippen LogP contribution in [-0.4, -0.2) is 40.6 Å². The van der Waals surface area contributed by atoms with E-state index in [1.807, 2.05) is 6.92 Å². The molecule has 0 aromatic carbocycles. The predicted molar refractivity (Wildman–Crippen MR) is 63.4 cm³/mol. The number of nitrogens with zero attached hydrogens (tertiary/aromatic N) is 1. The van der Waals surface area contributed by atoms with E-state index in [1.165, 1.54) is 4.90 Å². The Balaban J connectivity index is 2.63. The number of hydrogen-bond donors (Lipinski definition) is 2. The molecule has 0 aromatic heterocycles. The monoisotopic (exact) mass is 238 g/mol. The minimum absolute atomic E-state index is 0.0128. The molecule has 1 aliphatic rings. The first-order valence-corrected chi connectivity index (χ1v) is 5.70. The van der Waals surface area contributed by atoms with Crippen molar-refractivity contribution in [2.75, 3.05) is 6.54 Å². The van der Waals surface area contributed by atoms with Gasteiger partial charge in [-0.3, -0.25) is 0 Å². The van der Waals surface area contributed by atoms with E-state index >= 15 is 0 Å². The molecule has 2 amide bonds. The molecule has 0 spiro atoms. The molecule has 0 aliphatic carbocycles. The van der Waals surface area contributed by atoms with Crippen molar-refractivity contribution in [1.82, 2.24) is 10.2 Å². The summed E-state index contributed by atoms with van der Waals surface area (Å²) < 4.78 is 0. The topological polar surface area (TPSA) is 69.6 Å². The van der Waals surface area contributed by atoms with Crippen LogP contribution >= 0.6 is 0 Å². The molecular formula is C12H18N2O3. The molecule has 0 saturated carbocycles. The molecule has 1 heterocycles. The molecule has 5 nitrogen and oxygen atoms in total. The van der Waals surface area contributed by atoms with Crippen LogP contribution in [0.3, 0.4) is 0 Å². The number of hydrogen-bond acceptors (Lipinski definition) is 2. The molecule has 0 radical (unpaired) electrons. The number of urea groups is 1. The highest BCUT2D eigenvalue weighted by atomic mass is 16.4. The molecule has 1 saturated heterocycles. The van der Waals surface area contributed by atoms with Crippen LogP contribution in [0.25, 0.3) is 0 Å². The maximum Gasteiger partial charge on any atom is 0.326 e. The van der Waals surface area contributed by atoms with Gasteiger partial charge in [0.05, 0.1) is 0 Å². The molecule has 3 atom stereocenters. The number of carbonyl (C=O) groups is 2. The number of carbonyl (C=O) groups excluding carboxylic acids is 1. The number of carboxylic acid groups (broad SMARTS) is 1. The van der Waals surface area contributed by atoms with Crippen molar-refractivity contribution in [3.05, 3.63) is 0 Å². The first-order valence-electron chi connectivity index (χ1n) is 5.70. The van der Waals surface area contributed by atoms with Gasteiger partial charge in [0.15, 0.2) is 0 Å². The molecule has 3 unspecified atom stereocenters. The highest BCUT2D eigenvalue weighted by Gasteiger charge is 2.39. The van der Waals surface area contributed by atoms with Crippen molar-refractivity contribution < 1.29 is 14.7 Å². The Labute approximate surface area is 101 Å². The van der Waals surface area contributed by atoms with Gasteiger partial charge in [-0.1, -0.05) is 6.92 Å². The summed E-state index contributed by atoms with van der Waals surface area (Å²) in [7, 11) is 0. The average Bonchev–Trinajstić information content (AvgIpc) is 2.60. The lowest BCUT2D eigenvalue weighted by atomic mass is 10.0. The Morgan fingerprint density at radius 2 is 2.29 bits per heavy atom. The summed E-state index contributed by atoms with van der Waals surface area (Å²) in [6.07, 6.45) is 6.30. The second kappa shape index (κ2) is 5.58. The van der Waals surface area contributed by atoms with E-state index in [-0.39, 0.29) is 18.0 Å². The van der Waals surface area contributed by atoms with E-state index < -0.39 is 12.0 Å². The van der Waals surface area contributed by atoms with Crippen LogP contribution in [0.4, 0.5) is 4.79 Å². The van der Waals surface area contributed by atoms with Crippen molar-refractivity contribution in [3.8, 4) is 12.3 Å². The highest BCUT2D eigenvalue weighted by molar-refractivity contribution is 5.83. The molecule has 1 fully saturated rings. The van der Waals surface area contributed by atoms with Gasteiger partial charge >= 0.3 is 12.0 Å². The van der Waals surface area contributed by atoms with E-state index in [1.54, 1.807) is 6.92 Å². The van der Waals surface area contributed by atoms with Crippen LogP contribution in [0.5, 0.6) is 0 Å². The lowest BCUT2D eigenvalue weighted by Gasteiger charge is -2.25. The quantitative estimate of drug-likeness (QED) is 0.718. The van der Waals surface area contributed by atoms with E-state index in [2.05, 4.69) is 11.2 Å². The van der Waals surface area contributed by atoms with Crippen molar-refractivity contribution in [2.24, 2.45) is 5.92 Å². The third-order valence-electron chi connectivity index (χ3n) is 3.01. The molecule has 0 aromatic rings. The molecular weight excluding hydrogens is 220 g/mol.